The van der Waals surface area contributed by atoms with Gasteiger partial charge in [0.25, 0.3) is 0 Å². The lowest BCUT2D eigenvalue weighted by Gasteiger charge is -2.33. The number of piperazine rings is 2. The minimum Gasteiger partial charge on any atom is -0.368 e. The summed E-state index contributed by atoms with van der Waals surface area (Å²) in [5.41, 5.74) is 6.95. The molecule has 69 heavy (non-hydrogen) atoms. The molecule has 0 bridgehead atoms. The largest absolute Gasteiger partial charge is 0.368 e. The van der Waals surface area contributed by atoms with E-state index in [9.17, 15) is 26.4 Å². The lowest BCUT2D eigenvalue weighted by molar-refractivity contribution is -0.127. The molecule has 3 N–H and O–H groups in total. The van der Waals surface area contributed by atoms with Crippen LogP contribution >= 0.6 is 0 Å². The van der Waals surface area contributed by atoms with Crippen molar-refractivity contribution in [3.05, 3.63) is 154 Å². The molecule has 2 atom stereocenters. The Kier molecular flexibility index (Phi) is 15.0. The number of nitrogens with zero attached hydrogens (tertiary/aromatic N) is 10. The SMILES string of the molecule is Cc1ccc(S(=O)(=O)N2CCNC(=O)[C@H]2Cc2cn(CCc3ccc(C#N)cc3)nn2)cc1.Cc1ccc(S(=O)(=O)N2CCNC(=O)[C@H]2Cc2cn(CCc3ccc(C4=NCCN4)cc3)nn2)cc1. The van der Waals surface area contributed by atoms with Gasteiger partial charge in [0.05, 0.1) is 39.4 Å². The minimum atomic E-state index is -3.83. The first-order valence-corrected chi connectivity index (χ1v) is 25.5. The Hall–Kier alpha value is -7.12. The van der Waals surface area contributed by atoms with Crippen LogP contribution in [0.1, 0.15) is 44.8 Å². The average molecular weight is 972 g/mol. The fourth-order valence-electron chi connectivity index (χ4n) is 8.18. The molecule has 0 radical (unpaired) electrons. The summed E-state index contributed by atoms with van der Waals surface area (Å²) in [7, 11) is -7.66. The van der Waals surface area contributed by atoms with Crippen molar-refractivity contribution in [2.45, 2.75) is 74.5 Å². The quantitative estimate of drug-likeness (QED) is 0.134. The van der Waals surface area contributed by atoms with Gasteiger partial charge in [0.1, 0.15) is 17.9 Å². The molecule has 0 saturated carbocycles. The van der Waals surface area contributed by atoms with Gasteiger partial charge in [0.15, 0.2) is 0 Å². The molecule has 21 heteroatoms. The molecular weight excluding hydrogens is 919 g/mol. The topological polar surface area (TPSA) is 243 Å². The summed E-state index contributed by atoms with van der Waals surface area (Å²) < 4.78 is 59.0. The number of aryl methyl sites for hydroxylation is 6. The van der Waals surface area contributed by atoms with Crippen molar-refractivity contribution in [3.8, 4) is 6.07 Å². The first-order valence-electron chi connectivity index (χ1n) is 22.6. The van der Waals surface area contributed by atoms with Crippen LogP contribution in [-0.2, 0) is 68.4 Å². The molecule has 3 aliphatic rings. The number of hydrogen-bond donors (Lipinski definition) is 3. The van der Waals surface area contributed by atoms with E-state index < -0.39 is 32.1 Å². The highest BCUT2D eigenvalue weighted by molar-refractivity contribution is 7.89. The van der Waals surface area contributed by atoms with Gasteiger partial charge in [-0.25, -0.2) is 16.8 Å². The van der Waals surface area contributed by atoms with Crippen LogP contribution in [-0.4, -0.2) is 124 Å². The van der Waals surface area contributed by atoms with E-state index in [1.807, 2.05) is 26.0 Å². The maximum Gasteiger partial charge on any atom is 0.243 e. The molecule has 2 amide bonds. The third-order valence-corrected chi connectivity index (χ3v) is 15.9. The minimum absolute atomic E-state index is 0.133. The van der Waals surface area contributed by atoms with Crippen molar-refractivity contribution >= 4 is 37.7 Å². The first-order chi connectivity index (χ1) is 33.3. The zero-order valence-electron chi connectivity index (χ0n) is 38.3. The van der Waals surface area contributed by atoms with Crippen molar-refractivity contribution in [3.63, 3.8) is 0 Å². The van der Waals surface area contributed by atoms with Crippen LogP contribution in [0.3, 0.4) is 0 Å². The Labute approximate surface area is 401 Å². The number of carbonyl (C=O) groups excluding carboxylic acids is 2. The third kappa shape index (κ3) is 11.8. The third-order valence-electron chi connectivity index (χ3n) is 12.0. The van der Waals surface area contributed by atoms with Crippen LogP contribution in [0.15, 0.2) is 124 Å². The van der Waals surface area contributed by atoms with Gasteiger partial charge in [-0.3, -0.25) is 23.9 Å². The number of rotatable bonds is 15. The van der Waals surface area contributed by atoms with Gasteiger partial charge in [-0.2, -0.15) is 13.9 Å². The molecule has 4 aromatic carbocycles. The van der Waals surface area contributed by atoms with E-state index in [0.717, 1.165) is 53.2 Å². The molecule has 3 aliphatic heterocycles. The molecule has 6 aromatic rings. The van der Waals surface area contributed by atoms with Crippen molar-refractivity contribution in [2.24, 2.45) is 4.99 Å². The Morgan fingerprint density at radius 3 is 1.48 bits per heavy atom. The number of hydrogen-bond acceptors (Lipinski definition) is 13. The zero-order chi connectivity index (χ0) is 48.5. The summed E-state index contributed by atoms with van der Waals surface area (Å²) in [6, 6.07) is 29.2. The van der Waals surface area contributed by atoms with E-state index in [-0.39, 0.29) is 60.6 Å². The second-order valence-corrected chi connectivity index (χ2v) is 20.8. The molecule has 2 saturated heterocycles. The number of amidine groups is 1. The van der Waals surface area contributed by atoms with E-state index in [0.29, 0.717) is 36.5 Å². The Morgan fingerprint density at radius 1 is 0.609 bits per heavy atom. The highest BCUT2D eigenvalue weighted by atomic mass is 32.2. The molecule has 358 valence electrons. The van der Waals surface area contributed by atoms with Gasteiger partial charge in [0, 0.05) is 76.6 Å². The van der Waals surface area contributed by atoms with Crippen LogP contribution in [0.2, 0.25) is 0 Å². The monoisotopic (exact) mass is 971 g/mol. The van der Waals surface area contributed by atoms with Crippen molar-refractivity contribution in [2.75, 3.05) is 39.3 Å². The number of benzene rings is 4. The highest BCUT2D eigenvalue weighted by Gasteiger charge is 2.40. The smallest absolute Gasteiger partial charge is 0.243 e. The number of aromatic nitrogens is 6. The van der Waals surface area contributed by atoms with Crippen molar-refractivity contribution in [1.82, 2.24) is 54.5 Å². The van der Waals surface area contributed by atoms with Crippen LogP contribution < -0.4 is 16.0 Å². The molecule has 19 nitrogen and oxygen atoms in total. The fraction of sp³-hybridized carbons (Fsp3) is 0.333. The molecule has 2 aromatic heterocycles. The summed E-state index contributed by atoms with van der Waals surface area (Å²) in [6.07, 6.45) is 5.27. The summed E-state index contributed by atoms with van der Waals surface area (Å²) in [6.45, 7) is 7.60. The van der Waals surface area contributed by atoms with Crippen LogP contribution in [0, 0.1) is 25.2 Å². The van der Waals surface area contributed by atoms with E-state index in [1.165, 1.54) is 8.61 Å². The molecule has 9 rings (SSSR count). The molecule has 0 spiro atoms. The van der Waals surface area contributed by atoms with Crippen LogP contribution in [0.4, 0.5) is 0 Å². The van der Waals surface area contributed by atoms with Gasteiger partial charge in [-0.05, 0) is 74.2 Å². The lowest BCUT2D eigenvalue weighted by atomic mass is 10.1. The van der Waals surface area contributed by atoms with Crippen molar-refractivity contribution < 1.29 is 26.4 Å². The zero-order valence-corrected chi connectivity index (χ0v) is 39.9. The van der Waals surface area contributed by atoms with Crippen molar-refractivity contribution in [1.29, 1.82) is 5.26 Å². The van der Waals surface area contributed by atoms with E-state index in [1.54, 1.807) is 82.4 Å². The Morgan fingerprint density at radius 2 is 1.06 bits per heavy atom. The maximum atomic E-state index is 13.3. The summed E-state index contributed by atoms with van der Waals surface area (Å²) in [5.74, 6) is 0.268. The molecule has 0 unspecified atom stereocenters. The molecular formula is C48H53N13O6S2. The molecule has 5 heterocycles. The van der Waals surface area contributed by atoms with Gasteiger partial charge in [-0.1, -0.05) is 82.2 Å². The fourth-order valence-corrected chi connectivity index (χ4v) is 11.4. The normalized spacial score (nSPS) is 17.7. The van der Waals surface area contributed by atoms with Crippen LogP contribution in [0.5, 0.6) is 0 Å². The molecule has 2 fully saturated rings. The van der Waals surface area contributed by atoms with E-state index in [2.05, 4.69) is 71.9 Å². The Balaban J connectivity index is 0.000000187. The number of nitrogens with one attached hydrogen (secondary N) is 3. The van der Waals surface area contributed by atoms with E-state index >= 15 is 0 Å². The summed E-state index contributed by atoms with van der Waals surface area (Å²) >= 11 is 0. The summed E-state index contributed by atoms with van der Waals surface area (Å²) in [5, 5.41) is 34.4. The van der Waals surface area contributed by atoms with E-state index in [4.69, 9.17) is 5.26 Å². The average Bonchev–Trinajstić information content (AvgIpc) is 4.16. The Bertz CT molecular complexity index is 3060. The number of carbonyl (C=O) groups is 2. The van der Waals surface area contributed by atoms with Gasteiger partial charge in [-0.15, -0.1) is 10.2 Å². The predicted octanol–water partition coefficient (Wildman–Crippen LogP) is 2.34. The second kappa shape index (κ2) is 21.5. The standard InChI is InChI=1S/C25H29N7O3S.C23H24N6O3S/c1-18-2-8-22(9-3-18)36(34,35)32-15-13-28-25(33)23(32)16-21-17-31(30-29-21)14-10-19-4-6-20(7-5-19)24-26-11-12-27-24;1-17-2-8-21(9-3-17)33(31,32)29-13-11-25-23(30)22(29)14-20-16-28(27-26-20)12-10-18-4-6-19(15-24)7-5-18/h2-9,17,23H,10-16H2,1H3,(H,26,27)(H,28,33);2-9,16,22H,10-14H2,1H3,(H,25,30)/t23-;22-/m11/s1. The first kappa shape index (κ1) is 48.3. The van der Waals surface area contributed by atoms with Gasteiger partial charge < -0.3 is 16.0 Å². The number of amides is 2. The predicted molar refractivity (Wildman–Crippen MR) is 256 cm³/mol. The highest BCUT2D eigenvalue weighted by Crippen LogP contribution is 2.24. The van der Waals surface area contributed by atoms with Gasteiger partial charge in [0.2, 0.25) is 31.9 Å². The second-order valence-electron chi connectivity index (χ2n) is 17.0. The number of nitriles is 1. The molecule has 0 aliphatic carbocycles. The maximum absolute atomic E-state index is 13.3. The lowest BCUT2D eigenvalue weighted by Crippen LogP contribution is -2.57. The summed E-state index contributed by atoms with van der Waals surface area (Å²) in [4.78, 5) is 30.1. The van der Waals surface area contributed by atoms with Crippen LogP contribution in [0.25, 0.3) is 0 Å². The van der Waals surface area contributed by atoms with Gasteiger partial charge >= 0.3 is 0 Å². The number of aliphatic imine (C=N–C) groups is 1. The number of sulfonamides is 2.